The number of benzene rings is 1. The number of likely N-dealkylation sites (tertiary alicyclic amines) is 1. The summed E-state index contributed by atoms with van der Waals surface area (Å²) in [6.07, 6.45) is 6.05. The van der Waals surface area contributed by atoms with Crippen molar-refractivity contribution in [2.75, 3.05) is 25.0 Å². The molecule has 6 heteroatoms. The van der Waals surface area contributed by atoms with Crippen LogP contribution in [0, 0.1) is 6.92 Å². The number of nitrogens with zero attached hydrogens (tertiary/aromatic N) is 4. The number of nitrogens with one attached hydrogen (secondary N) is 1. The quantitative estimate of drug-likeness (QED) is 0.786. The number of carbonyl (C=O) groups excluding carboxylic acids is 1. The van der Waals surface area contributed by atoms with Crippen LogP contribution in [0.15, 0.2) is 36.7 Å². The van der Waals surface area contributed by atoms with Crippen LogP contribution in [-0.4, -0.2) is 45.0 Å². The second-order valence-corrected chi connectivity index (χ2v) is 6.91. The molecule has 1 fully saturated rings. The fourth-order valence-electron chi connectivity index (χ4n) is 3.47. The molecule has 0 bridgehead atoms. The number of pyridine rings is 1. The number of anilines is 1. The van der Waals surface area contributed by atoms with Gasteiger partial charge in [-0.05, 0) is 50.4 Å². The van der Waals surface area contributed by atoms with Gasteiger partial charge < -0.3 is 9.88 Å². The number of carbonyl (C=O) groups is 1. The SMILES string of the molecule is Cc1ncc(-c2ccc3cnc(NC(=O)CN4CCCC4)cc3c2)n1C. The van der Waals surface area contributed by atoms with Crippen LogP contribution in [0.4, 0.5) is 5.82 Å². The predicted molar refractivity (Wildman–Crippen MR) is 103 cm³/mol. The zero-order valence-corrected chi connectivity index (χ0v) is 15.2. The highest BCUT2D eigenvalue weighted by molar-refractivity contribution is 5.94. The molecule has 3 heterocycles. The van der Waals surface area contributed by atoms with Gasteiger partial charge >= 0.3 is 0 Å². The zero-order valence-electron chi connectivity index (χ0n) is 15.2. The number of fused-ring (bicyclic) bond motifs is 1. The molecular formula is C20H23N5O. The normalized spacial score (nSPS) is 14.8. The number of aromatic nitrogens is 3. The minimum atomic E-state index is -0.00263. The van der Waals surface area contributed by atoms with E-state index < -0.39 is 0 Å². The third-order valence-corrected chi connectivity index (χ3v) is 5.07. The Morgan fingerprint density at radius 2 is 1.92 bits per heavy atom. The average Bonchev–Trinajstić information content (AvgIpc) is 3.25. The topological polar surface area (TPSA) is 63.1 Å². The first-order valence-corrected chi connectivity index (χ1v) is 9.01. The van der Waals surface area contributed by atoms with Crippen molar-refractivity contribution in [3.05, 3.63) is 42.5 Å². The summed E-state index contributed by atoms with van der Waals surface area (Å²) in [6, 6.07) is 8.18. The van der Waals surface area contributed by atoms with Crippen molar-refractivity contribution < 1.29 is 4.79 Å². The van der Waals surface area contributed by atoms with Gasteiger partial charge in [0.05, 0.1) is 18.4 Å². The lowest BCUT2D eigenvalue weighted by molar-refractivity contribution is -0.117. The first-order chi connectivity index (χ1) is 12.6. The molecule has 1 aliphatic heterocycles. The lowest BCUT2D eigenvalue weighted by Crippen LogP contribution is -2.31. The summed E-state index contributed by atoms with van der Waals surface area (Å²) in [5.41, 5.74) is 2.17. The molecule has 1 aliphatic rings. The minimum absolute atomic E-state index is 0.00263. The molecule has 1 amide bonds. The molecule has 3 aromatic rings. The van der Waals surface area contributed by atoms with Gasteiger partial charge in [-0.3, -0.25) is 9.69 Å². The van der Waals surface area contributed by atoms with E-state index in [1.165, 1.54) is 12.8 Å². The van der Waals surface area contributed by atoms with Crippen LogP contribution in [0.5, 0.6) is 0 Å². The molecule has 1 N–H and O–H groups in total. The molecule has 1 aromatic carbocycles. The molecule has 0 saturated carbocycles. The molecule has 0 unspecified atom stereocenters. The Morgan fingerprint density at radius 3 is 2.65 bits per heavy atom. The summed E-state index contributed by atoms with van der Waals surface area (Å²) >= 11 is 0. The number of hydrogen-bond acceptors (Lipinski definition) is 4. The second-order valence-electron chi connectivity index (χ2n) is 6.91. The van der Waals surface area contributed by atoms with E-state index >= 15 is 0 Å². The van der Waals surface area contributed by atoms with Crippen molar-refractivity contribution >= 4 is 22.5 Å². The molecule has 0 spiro atoms. The first-order valence-electron chi connectivity index (χ1n) is 9.01. The highest BCUT2D eigenvalue weighted by Crippen LogP contribution is 2.25. The minimum Gasteiger partial charge on any atom is -0.331 e. The van der Waals surface area contributed by atoms with E-state index in [0.717, 1.165) is 40.9 Å². The van der Waals surface area contributed by atoms with Gasteiger partial charge in [-0.2, -0.15) is 0 Å². The Bertz CT molecular complexity index is 956. The number of hydrogen-bond donors (Lipinski definition) is 1. The summed E-state index contributed by atoms with van der Waals surface area (Å²) < 4.78 is 2.07. The summed E-state index contributed by atoms with van der Waals surface area (Å²) in [5, 5.41) is 5.02. The number of amides is 1. The van der Waals surface area contributed by atoms with E-state index in [9.17, 15) is 4.79 Å². The Morgan fingerprint density at radius 1 is 1.12 bits per heavy atom. The van der Waals surface area contributed by atoms with Crippen molar-refractivity contribution in [2.45, 2.75) is 19.8 Å². The van der Waals surface area contributed by atoms with Gasteiger partial charge in [0, 0.05) is 24.2 Å². The monoisotopic (exact) mass is 349 g/mol. The molecule has 0 atom stereocenters. The van der Waals surface area contributed by atoms with Crippen LogP contribution in [0.3, 0.4) is 0 Å². The van der Waals surface area contributed by atoms with Crippen molar-refractivity contribution in [1.29, 1.82) is 0 Å². The van der Waals surface area contributed by atoms with Gasteiger partial charge in [0.2, 0.25) is 5.91 Å². The van der Waals surface area contributed by atoms with Gasteiger partial charge in [0.25, 0.3) is 0 Å². The van der Waals surface area contributed by atoms with E-state index in [2.05, 4.69) is 43.0 Å². The molecule has 4 rings (SSSR count). The van der Waals surface area contributed by atoms with Gasteiger partial charge in [-0.15, -0.1) is 0 Å². The van der Waals surface area contributed by atoms with Crippen LogP contribution < -0.4 is 5.32 Å². The molecule has 1 saturated heterocycles. The van der Waals surface area contributed by atoms with Crippen molar-refractivity contribution in [3.8, 4) is 11.3 Å². The Kier molecular flexibility index (Phi) is 4.42. The van der Waals surface area contributed by atoms with Crippen molar-refractivity contribution in [1.82, 2.24) is 19.4 Å². The summed E-state index contributed by atoms with van der Waals surface area (Å²) in [6.45, 7) is 4.44. The largest absolute Gasteiger partial charge is 0.331 e. The van der Waals surface area contributed by atoms with Gasteiger partial charge in [0.1, 0.15) is 11.6 Å². The van der Waals surface area contributed by atoms with Gasteiger partial charge in [0.15, 0.2) is 0 Å². The maximum Gasteiger partial charge on any atom is 0.239 e. The van der Waals surface area contributed by atoms with Gasteiger partial charge in [-0.25, -0.2) is 9.97 Å². The molecule has 0 aliphatic carbocycles. The first kappa shape index (κ1) is 16.7. The van der Waals surface area contributed by atoms with E-state index in [-0.39, 0.29) is 5.91 Å². The average molecular weight is 349 g/mol. The summed E-state index contributed by atoms with van der Waals surface area (Å²) in [5.74, 6) is 1.57. The van der Waals surface area contributed by atoms with Crippen LogP contribution in [-0.2, 0) is 11.8 Å². The lowest BCUT2D eigenvalue weighted by Gasteiger charge is -2.14. The van der Waals surface area contributed by atoms with E-state index in [0.29, 0.717) is 12.4 Å². The summed E-state index contributed by atoms with van der Waals surface area (Å²) in [4.78, 5) is 23.2. The summed E-state index contributed by atoms with van der Waals surface area (Å²) in [7, 11) is 2.01. The molecular weight excluding hydrogens is 326 g/mol. The molecule has 0 radical (unpaired) electrons. The highest BCUT2D eigenvalue weighted by Gasteiger charge is 2.15. The third kappa shape index (κ3) is 3.32. The lowest BCUT2D eigenvalue weighted by atomic mass is 10.1. The molecule has 134 valence electrons. The maximum absolute atomic E-state index is 12.2. The third-order valence-electron chi connectivity index (χ3n) is 5.07. The van der Waals surface area contributed by atoms with Crippen molar-refractivity contribution in [2.24, 2.45) is 7.05 Å². The van der Waals surface area contributed by atoms with Crippen LogP contribution >= 0.6 is 0 Å². The van der Waals surface area contributed by atoms with E-state index in [4.69, 9.17) is 0 Å². The molecule has 2 aromatic heterocycles. The van der Waals surface area contributed by atoms with E-state index in [1.54, 1.807) is 6.20 Å². The molecule has 6 nitrogen and oxygen atoms in total. The highest BCUT2D eigenvalue weighted by atomic mass is 16.2. The van der Waals surface area contributed by atoms with Crippen molar-refractivity contribution in [3.63, 3.8) is 0 Å². The maximum atomic E-state index is 12.2. The fourth-order valence-corrected chi connectivity index (χ4v) is 3.47. The van der Waals surface area contributed by atoms with Crippen LogP contribution in [0.1, 0.15) is 18.7 Å². The van der Waals surface area contributed by atoms with Gasteiger partial charge in [-0.1, -0.05) is 12.1 Å². The number of rotatable bonds is 4. The Balaban J connectivity index is 1.57. The number of aryl methyl sites for hydroxylation is 1. The van der Waals surface area contributed by atoms with Crippen LogP contribution in [0.2, 0.25) is 0 Å². The molecule has 26 heavy (non-hydrogen) atoms. The Hall–Kier alpha value is -2.73. The Labute approximate surface area is 152 Å². The predicted octanol–water partition coefficient (Wildman–Crippen LogP) is 2.98. The number of imidazole rings is 1. The van der Waals surface area contributed by atoms with Crippen LogP contribution in [0.25, 0.3) is 22.0 Å². The van der Waals surface area contributed by atoms with E-state index in [1.807, 2.05) is 26.2 Å². The zero-order chi connectivity index (χ0) is 18.1. The fraction of sp³-hybridized carbons (Fsp3) is 0.350. The second kappa shape index (κ2) is 6.88. The standard InChI is InChI=1S/C20H23N5O/c1-14-21-12-18(24(14)2)15-5-6-16-11-22-19(10-17(16)9-15)23-20(26)13-25-7-3-4-8-25/h5-6,9-12H,3-4,7-8,13H2,1-2H3,(H,22,23,26). The smallest absolute Gasteiger partial charge is 0.239 e.